The fourth-order valence-electron chi connectivity index (χ4n) is 1.09. The van der Waals surface area contributed by atoms with Crippen molar-refractivity contribution in [3.8, 4) is 0 Å². The second-order valence-corrected chi connectivity index (χ2v) is 5.52. The van der Waals surface area contributed by atoms with Gasteiger partial charge in [-0.2, -0.15) is 0 Å². The summed E-state index contributed by atoms with van der Waals surface area (Å²) in [5.41, 5.74) is 0.413. The zero-order valence-electron chi connectivity index (χ0n) is 7.12. The van der Waals surface area contributed by atoms with Gasteiger partial charge < -0.3 is 0 Å². The third kappa shape index (κ3) is 2.26. The highest BCUT2D eigenvalue weighted by Gasteiger charge is 2.17. The molecule has 1 aromatic carbocycles. The molecule has 14 heavy (non-hydrogen) atoms. The fraction of sp³-hybridized carbons (Fsp3) is 0.125. The van der Waals surface area contributed by atoms with Crippen LogP contribution in [0.2, 0.25) is 0 Å². The summed E-state index contributed by atoms with van der Waals surface area (Å²) in [5.74, 6) is 0. The number of carbonyl (C=O) groups excluding carboxylic acids is 1. The van der Waals surface area contributed by atoms with E-state index >= 15 is 0 Å². The van der Waals surface area contributed by atoms with E-state index in [0.29, 0.717) is 0 Å². The van der Waals surface area contributed by atoms with E-state index in [2.05, 4.69) is 0 Å². The Hall–Kier alpha value is -0.580. The summed E-state index contributed by atoms with van der Waals surface area (Å²) in [6.07, 6.45) is 0. The van der Waals surface area contributed by atoms with E-state index in [4.69, 9.17) is 22.3 Å². The Morgan fingerprint density at radius 1 is 1.36 bits per heavy atom. The van der Waals surface area contributed by atoms with E-state index in [9.17, 15) is 13.2 Å². The largest absolute Gasteiger partial charge is 0.276 e. The standard InChI is InChI=1S/C8H6Cl2O3S/c1-5-6(8(9)11)3-2-4-7(5)14(10,12)13/h2-4H,1H3. The van der Waals surface area contributed by atoms with Crippen molar-refractivity contribution < 1.29 is 13.2 Å². The average Bonchev–Trinajstić information content (AvgIpc) is 2.01. The van der Waals surface area contributed by atoms with Crippen LogP contribution in [0.15, 0.2) is 23.1 Å². The molecule has 0 amide bonds. The molecule has 0 bridgehead atoms. The predicted molar refractivity (Wildman–Crippen MR) is 54.4 cm³/mol. The normalized spacial score (nSPS) is 11.4. The molecule has 0 aliphatic carbocycles. The van der Waals surface area contributed by atoms with Crippen LogP contribution in [0.25, 0.3) is 0 Å². The second-order valence-electron chi connectivity index (χ2n) is 2.64. The van der Waals surface area contributed by atoms with Crippen LogP contribution < -0.4 is 0 Å². The first-order valence-electron chi connectivity index (χ1n) is 3.58. The van der Waals surface area contributed by atoms with E-state index in [1.54, 1.807) is 0 Å². The van der Waals surface area contributed by atoms with Gasteiger partial charge in [0.05, 0.1) is 4.90 Å². The molecule has 0 spiro atoms. The molecule has 0 N–H and O–H groups in total. The lowest BCUT2D eigenvalue weighted by atomic mass is 10.1. The molecule has 0 unspecified atom stereocenters. The third-order valence-electron chi connectivity index (χ3n) is 1.76. The number of halogens is 2. The summed E-state index contributed by atoms with van der Waals surface area (Å²) in [5, 5.41) is -0.704. The molecule has 0 aliphatic heterocycles. The maximum atomic E-state index is 11.0. The van der Waals surface area contributed by atoms with Crippen molar-refractivity contribution in [2.75, 3.05) is 0 Å². The van der Waals surface area contributed by atoms with Crippen molar-refractivity contribution in [2.45, 2.75) is 11.8 Å². The molecule has 0 saturated carbocycles. The fourth-order valence-corrected chi connectivity index (χ4v) is 2.51. The van der Waals surface area contributed by atoms with Crippen molar-refractivity contribution in [1.29, 1.82) is 0 Å². The summed E-state index contributed by atoms with van der Waals surface area (Å²) in [7, 11) is 1.33. The van der Waals surface area contributed by atoms with E-state index in [1.165, 1.54) is 25.1 Å². The molecule has 3 nitrogen and oxygen atoms in total. The summed E-state index contributed by atoms with van der Waals surface area (Å²) in [6.45, 7) is 1.48. The zero-order chi connectivity index (χ0) is 10.9. The molecule has 0 aromatic heterocycles. The molecular formula is C8H6Cl2O3S. The molecule has 6 heteroatoms. The first-order valence-corrected chi connectivity index (χ1v) is 6.27. The maximum Gasteiger partial charge on any atom is 0.261 e. The average molecular weight is 253 g/mol. The molecule has 76 valence electrons. The number of hydrogen-bond acceptors (Lipinski definition) is 3. The zero-order valence-corrected chi connectivity index (χ0v) is 9.45. The summed E-state index contributed by atoms with van der Waals surface area (Å²) in [6, 6.07) is 4.18. The monoisotopic (exact) mass is 252 g/mol. The van der Waals surface area contributed by atoms with E-state index < -0.39 is 14.3 Å². The van der Waals surface area contributed by atoms with Crippen molar-refractivity contribution in [3.63, 3.8) is 0 Å². The molecule has 1 aromatic rings. The van der Waals surface area contributed by atoms with Crippen LogP contribution >= 0.6 is 22.3 Å². The van der Waals surface area contributed by atoms with Crippen LogP contribution in [0, 0.1) is 6.92 Å². The van der Waals surface area contributed by atoms with Crippen LogP contribution in [0.4, 0.5) is 0 Å². The minimum Gasteiger partial charge on any atom is -0.276 e. The quantitative estimate of drug-likeness (QED) is 0.760. The minimum atomic E-state index is -3.83. The summed E-state index contributed by atoms with van der Waals surface area (Å²) in [4.78, 5) is 10.8. The maximum absolute atomic E-state index is 11.0. The van der Waals surface area contributed by atoms with Crippen molar-refractivity contribution in [2.24, 2.45) is 0 Å². The van der Waals surface area contributed by atoms with Crippen LogP contribution in [0.3, 0.4) is 0 Å². The van der Waals surface area contributed by atoms with Crippen molar-refractivity contribution in [1.82, 2.24) is 0 Å². The van der Waals surface area contributed by atoms with Gasteiger partial charge in [-0.1, -0.05) is 6.07 Å². The van der Waals surface area contributed by atoms with E-state index in [0.717, 1.165) is 0 Å². The minimum absolute atomic E-state index is 0.0920. The SMILES string of the molecule is Cc1c(C(=O)Cl)cccc1S(=O)(=O)Cl. The Kier molecular flexibility index (Phi) is 3.19. The molecule has 0 radical (unpaired) electrons. The van der Waals surface area contributed by atoms with Crippen LogP contribution in [-0.2, 0) is 9.05 Å². The smallest absolute Gasteiger partial charge is 0.261 e. The Labute approximate surface area is 91.1 Å². The molecule has 0 heterocycles. The van der Waals surface area contributed by atoms with Crippen LogP contribution in [0.5, 0.6) is 0 Å². The Morgan fingerprint density at radius 3 is 2.36 bits per heavy atom. The highest BCUT2D eigenvalue weighted by Crippen LogP contribution is 2.23. The molecule has 0 fully saturated rings. The summed E-state index contributed by atoms with van der Waals surface area (Å²) >= 11 is 5.25. The third-order valence-corrected chi connectivity index (χ3v) is 3.43. The Balaban J connectivity index is 3.51. The van der Waals surface area contributed by atoms with Gasteiger partial charge in [-0.15, -0.1) is 0 Å². The highest BCUT2D eigenvalue weighted by molar-refractivity contribution is 8.13. The van der Waals surface area contributed by atoms with Gasteiger partial charge in [-0.3, -0.25) is 4.79 Å². The van der Waals surface area contributed by atoms with Gasteiger partial charge >= 0.3 is 0 Å². The molecule has 0 saturated heterocycles. The lowest BCUT2D eigenvalue weighted by Crippen LogP contribution is -2.00. The van der Waals surface area contributed by atoms with Gasteiger partial charge in [0.15, 0.2) is 0 Å². The van der Waals surface area contributed by atoms with Crippen molar-refractivity contribution >= 4 is 36.6 Å². The number of hydrogen-bond donors (Lipinski definition) is 0. The van der Waals surface area contributed by atoms with Gasteiger partial charge in [-0.05, 0) is 36.2 Å². The highest BCUT2D eigenvalue weighted by atomic mass is 35.7. The molecule has 1 rings (SSSR count). The first-order chi connectivity index (χ1) is 6.34. The van der Waals surface area contributed by atoms with Gasteiger partial charge in [0.25, 0.3) is 14.3 Å². The topological polar surface area (TPSA) is 51.2 Å². The Morgan fingerprint density at radius 2 is 1.93 bits per heavy atom. The Bertz CT molecular complexity index is 479. The number of carbonyl (C=O) groups is 1. The first kappa shape index (κ1) is 11.5. The predicted octanol–water partition coefficient (Wildman–Crippen LogP) is 2.30. The lowest BCUT2D eigenvalue weighted by molar-refractivity contribution is 0.108. The lowest BCUT2D eigenvalue weighted by Gasteiger charge is -2.04. The molecular weight excluding hydrogens is 247 g/mol. The van der Waals surface area contributed by atoms with E-state index in [1.807, 2.05) is 0 Å². The summed E-state index contributed by atoms with van der Waals surface area (Å²) < 4.78 is 22.1. The van der Waals surface area contributed by atoms with Gasteiger partial charge in [0.1, 0.15) is 0 Å². The van der Waals surface area contributed by atoms with Gasteiger partial charge in [0.2, 0.25) is 0 Å². The second kappa shape index (κ2) is 3.88. The van der Waals surface area contributed by atoms with E-state index in [-0.39, 0.29) is 16.0 Å². The number of benzene rings is 1. The molecule has 0 atom stereocenters. The van der Waals surface area contributed by atoms with Crippen LogP contribution in [-0.4, -0.2) is 13.7 Å². The van der Waals surface area contributed by atoms with Crippen molar-refractivity contribution in [3.05, 3.63) is 29.3 Å². The number of rotatable bonds is 2. The van der Waals surface area contributed by atoms with Crippen LogP contribution in [0.1, 0.15) is 15.9 Å². The molecule has 0 aliphatic rings. The van der Waals surface area contributed by atoms with Gasteiger partial charge in [0, 0.05) is 16.2 Å². The van der Waals surface area contributed by atoms with Gasteiger partial charge in [-0.25, -0.2) is 8.42 Å².